The minimum absolute atomic E-state index is 0.508. The summed E-state index contributed by atoms with van der Waals surface area (Å²) in [7, 11) is 0. The molecule has 1 heteroatoms. The van der Waals surface area contributed by atoms with E-state index in [-0.39, 0.29) is 0 Å². The maximum atomic E-state index is 2.40. The van der Waals surface area contributed by atoms with Crippen molar-refractivity contribution in [2.24, 2.45) is 0 Å². The van der Waals surface area contributed by atoms with Gasteiger partial charge in [-0.25, -0.2) is 0 Å². The van der Waals surface area contributed by atoms with Gasteiger partial charge in [-0.2, -0.15) is 11.8 Å². The fraction of sp³-hybridized carbons (Fsp3) is 1.00. The van der Waals surface area contributed by atoms with Crippen LogP contribution in [0.15, 0.2) is 0 Å². The van der Waals surface area contributed by atoms with E-state index in [0.29, 0.717) is 4.75 Å². The maximum absolute atomic E-state index is 2.40. The molecule has 19 heavy (non-hydrogen) atoms. The van der Waals surface area contributed by atoms with E-state index in [0.717, 1.165) is 0 Å². The largest absolute Gasteiger partial charge is 0.156 e. The van der Waals surface area contributed by atoms with Crippen LogP contribution in [0, 0.1) is 0 Å². The molecule has 0 radical (unpaired) electrons. The average molecular weight is 287 g/mol. The Labute approximate surface area is 127 Å². The van der Waals surface area contributed by atoms with Gasteiger partial charge in [0.25, 0.3) is 0 Å². The molecule has 0 aromatic heterocycles. The molecule has 0 amide bonds. The number of thioether (sulfide) groups is 1. The third-order valence-electron chi connectivity index (χ3n) is 3.84. The van der Waals surface area contributed by atoms with E-state index in [1.807, 2.05) is 0 Å². The van der Waals surface area contributed by atoms with Gasteiger partial charge in [-0.1, -0.05) is 91.9 Å². The van der Waals surface area contributed by atoms with Crippen molar-refractivity contribution in [3.05, 3.63) is 0 Å². The lowest BCUT2D eigenvalue weighted by atomic mass is 10.1. The topological polar surface area (TPSA) is 0 Å². The SMILES string of the molecule is CCCCCCCCCCCCSC(C)(C)CCC. The zero-order chi connectivity index (χ0) is 14.4. The second-order valence-electron chi connectivity index (χ2n) is 6.54. The number of unbranched alkanes of at least 4 members (excludes halogenated alkanes) is 9. The molecule has 0 rings (SSSR count). The first kappa shape index (κ1) is 19.4. The van der Waals surface area contributed by atoms with Gasteiger partial charge in [0.2, 0.25) is 0 Å². The van der Waals surface area contributed by atoms with E-state index in [9.17, 15) is 0 Å². The molecule has 0 N–H and O–H groups in total. The van der Waals surface area contributed by atoms with E-state index in [1.165, 1.54) is 82.8 Å². The van der Waals surface area contributed by atoms with Crippen LogP contribution in [-0.4, -0.2) is 10.5 Å². The summed E-state index contributed by atoms with van der Waals surface area (Å²) in [6, 6.07) is 0. The summed E-state index contributed by atoms with van der Waals surface area (Å²) in [4.78, 5) is 0. The van der Waals surface area contributed by atoms with Gasteiger partial charge in [0.1, 0.15) is 0 Å². The number of rotatable bonds is 14. The first-order valence-electron chi connectivity index (χ1n) is 8.76. The van der Waals surface area contributed by atoms with Gasteiger partial charge in [-0.15, -0.1) is 0 Å². The van der Waals surface area contributed by atoms with Gasteiger partial charge in [-0.3, -0.25) is 0 Å². The van der Waals surface area contributed by atoms with Gasteiger partial charge < -0.3 is 0 Å². The summed E-state index contributed by atoms with van der Waals surface area (Å²) in [6.45, 7) is 9.39. The van der Waals surface area contributed by atoms with E-state index in [4.69, 9.17) is 0 Å². The molecular formula is C18H38S. The first-order valence-corrected chi connectivity index (χ1v) is 9.75. The molecular weight excluding hydrogens is 248 g/mol. The Morgan fingerprint density at radius 2 is 1.11 bits per heavy atom. The highest BCUT2D eigenvalue weighted by atomic mass is 32.2. The predicted molar refractivity (Wildman–Crippen MR) is 93.3 cm³/mol. The van der Waals surface area contributed by atoms with Crippen LogP contribution >= 0.6 is 11.8 Å². The molecule has 0 spiro atoms. The van der Waals surface area contributed by atoms with Crippen LogP contribution in [0.2, 0.25) is 0 Å². The van der Waals surface area contributed by atoms with Gasteiger partial charge in [0.05, 0.1) is 0 Å². The number of hydrogen-bond donors (Lipinski definition) is 0. The summed E-state index contributed by atoms with van der Waals surface area (Å²) < 4.78 is 0.508. The van der Waals surface area contributed by atoms with Crippen molar-refractivity contribution in [1.82, 2.24) is 0 Å². The molecule has 0 aliphatic rings. The molecule has 0 aliphatic carbocycles. The van der Waals surface area contributed by atoms with Crippen LogP contribution in [0.4, 0.5) is 0 Å². The molecule has 0 aliphatic heterocycles. The van der Waals surface area contributed by atoms with Crippen LogP contribution in [0.5, 0.6) is 0 Å². The molecule has 0 atom stereocenters. The Morgan fingerprint density at radius 1 is 0.632 bits per heavy atom. The first-order chi connectivity index (χ1) is 9.12. The number of hydrogen-bond acceptors (Lipinski definition) is 1. The second-order valence-corrected chi connectivity index (χ2v) is 8.34. The van der Waals surface area contributed by atoms with Crippen molar-refractivity contribution in [1.29, 1.82) is 0 Å². The lowest BCUT2D eigenvalue weighted by molar-refractivity contribution is 0.562. The van der Waals surface area contributed by atoms with Gasteiger partial charge >= 0.3 is 0 Å². The lowest BCUT2D eigenvalue weighted by Crippen LogP contribution is -2.14. The molecule has 0 saturated heterocycles. The van der Waals surface area contributed by atoms with Gasteiger partial charge in [-0.05, 0) is 18.6 Å². The van der Waals surface area contributed by atoms with Crippen LogP contribution in [0.3, 0.4) is 0 Å². The van der Waals surface area contributed by atoms with Gasteiger partial charge in [0.15, 0.2) is 0 Å². The van der Waals surface area contributed by atoms with Crippen molar-refractivity contribution in [2.45, 2.75) is 109 Å². The minimum Gasteiger partial charge on any atom is -0.156 e. The van der Waals surface area contributed by atoms with Crippen molar-refractivity contribution in [2.75, 3.05) is 5.75 Å². The van der Waals surface area contributed by atoms with E-state index in [2.05, 4.69) is 39.5 Å². The highest BCUT2D eigenvalue weighted by Crippen LogP contribution is 2.30. The Hall–Kier alpha value is 0.350. The smallest absolute Gasteiger partial charge is 0.0103 e. The molecule has 0 saturated carbocycles. The second kappa shape index (κ2) is 13.3. The van der Waals surface area contributed by atoms with E-state index in [1.54, 1.807) is 0 Å². The molecule has 0 unspecified atom stereocenters. The standard InChI is InChI=1S/C18H38S/c1-5-7-8-9-10-11-12-13-14-15-17-19-18(3,4)16-6-2/h5-17H2,1-4H3. The fourth-order valence-corrected chi connectivity index (χ4v) is 3.86. The molecule has 0 bridgehead atoms. The van der Waals surface area contributed by atoms with E-state index >= 15 is 0 Å². The fourth-order valence-electron chi connectivity index (χ4n) is 2.61. The molecule has 0 fully saturated rings. The molecule has 116 valence electrons. The summed E-state index contributed by atoms with van der Waals surface area (Å²) in [5, 5.41) is 0. The van der Waals surface area contributed by atoms with Crippen molar-refractivity contribution < 1.29 is 0 Å². The van der Waals surface area contributed by atoms with Crippen molar-refractivity contribution >= 4 is 11.8 Å². The van der Waals surface area contributed by atoms with Crippen LogP contribution in [-0.2, 0) is 0 Å². The Morgan fingerprint density at radius 3 is 1.58 bits per heavy atom. The highest BCUT2D eigenvalue weighted by molar-refractivity contribution is 8.00. The Kier molecular flexibility index (Phi) is 13.6. The Bertz CT molecular complexity index is 175. The lowest BCUT2D eigenvalue weighted by Gasteiger charge is -2.23. The summed E-state index contributed by atoms with van der Waals surface area (Å²) in [6.07, 6.45) is 17.1. The van der Waals surface area contributed by atoms with Crippen molar-refractivity contribution in [3.8, 4) is 0 Å². The molecule has 0 aromatic carbocycles. The van der Waals surface area contributed by atoms with Crippen LogP contribution in [0.1, 0.15) is 105 Å². The zero-order valence-electron chi connectivity index (χ0n) is 14.1. The van der Waals surface area contributed by atoms with Gasteiger partial charge in [0, 0.05) is 4.75 Å². The summed E-state index contributed by atoms with van der Waals surface area (Å²) in [5.74, 6) is 1.36. The maximum Gasteiger partial charge on any atom is 0.0103 e. The zero-order valence-corrected chi connectivity index (χ0v) is 14.9. The summed E-state index contributed by atoms with van der Waals surface area (Å²) >= 11 is 2.18. The third kappa shape index (κ3) is 14.6. The normalized spacial score (nSPS) is 12.0. The van der Waals surface area contributed by atoms with Crippen LogP contribution < -0.4 is 0 Å². The molecule has 0 aromatic rings. The molecule has 0 nitrogen and oxygen atoms in total. The quantitative estimate of drug-likeness (QED) is 0.304. The molecule has 0 heterocycles. The summed E-state index contributed by atoms with van der Waals surface area (Å²) in [5.41, 5.74) is 0. The van der Waals surface area contributed by atoms with Crippen molar-refractivity contribution in [3.63, 3.8) is 0 Å². The Balaban J connectivity index is 3.14. The highest BCUT2D eigenvalue weighted by Gasteiger charge is 2.15. The van der Waals surface area contributed by atoms with Crippen LogP contribution in [0.25, 0.3) is 0 Å². The average Bonchev–Trinajstić information content (AvgIpc) is 2.36. The third-order valence-corrected chi connectivity index (χ3v) is 5.32. The predicted octanol–water partition coefficient (Wildman–Crippen LogP) is 7.22. The minimum atomic E-state index is 0.508. The monoisotopic (exact) mass is 286 g/mol. The van der Waals surface area contributed by atoms with E-state index < -0.39 is 0 Å².